The van der Waals surface area contributed by atoms with Crippen LogP contribution >= 0.6 is 0 Å². The Labute approximate surface area is 171 Å². The van der Waals surface area contributed by atoms with E-state index in [1.807, 2.05) is 6.92 Å². The molecular weight excluding hydrogens is 412 g/mol. The number of anilines is 1. The van der Waals surface area contributed by atoms with Gasteiger partial charge in [-0.3, -0.25) is 4.79 Å². The quantitative estimate of drug-likeness (QED) is 0.776. The number of amides is 1. The van der Waals surface area contributed by atoms with Gasteiger partial charge in [-0.25, -0.2) is 16.8 Å². The van der Waals surface area contributed by atoms with E-state index in [4.69, 9.17) is 0 Å². The number of sulfonamides is 1. The van der Waals surface area contributed by atoms with Gasteiger partial charge >= 0.3 is 0 Å². The van der Waals surface area contributed by atoms with E-state index >= 15 is 0 Å². The Morgan fingerprint density at radius 2 is 1.69 bits per heavy atom. The maximum atomic E-state index is 12.9. The van der Waals surface area contributed by atoms with Crippen molar-refractivity contribution in [3.8, 4) is 0 Å². The van der Waals surface area contributed by atoms with Gasteiger partial charge in [0.1, 0.15) is 0 Å². The highest BCUT2D eigenvalue weighted by molar-refractivity contribution is 7.91. The van der Waals surface area contributed by atoms with Crippen molar-refractivity contribution in [1.29, 1.82) is 0 Å². The fourth-order valence-electron chi connectivity index (χ4n) is 3.36. The van der Waals surface area contributed by atoms with E-state index in [0.29, 0.717) is 19.4 Å². The highest BCUT2D eigenvalue weighted by atomic mass is 32.2. The molecule has 0 radical (unpaired) electrons. The van der Waals surface area contributed by atoms with Crippen LogP contribution in [0.2, 0.25) is 0 Å². The molecule has 1 N–H and O–H groups in total. The third-order valence-electron chi connectivity index (χ3n) is 4.96. The predicted molar refractivity (Wildman–Crippen MR) is 111 cm³/mol. The Morgan fingerprint density at radius 1 is 1.03 bits per heavy atom. The van der Waals surface area contributed by atoms with E-state index < -0.39 is 25.8 Å². The summed E-state index contributed by atoms with van der Waals surface area (Å²) in [4.78, 5) is 13.0. The molecule has 1 aliphatic heterocycles. The third kappa shape index (κ3) is 4.85. The van der Waals surface area contributed by atoms with Crippen molar-refractivity contribution in [2.24, 2.45) is 5.92 Å². The number of sulfone groups is 1. The van der Waals surface area contributed by atoms with E-state index in [0.717, 1.165) is 11.8 Å². The van der Waals surface area contributed by atoms with Gasteiger partial charge in [0, 0.05) is 19.3 Å². The van der Waals surface area contributed by atoms with Gasteiger partial charge in [0.2, 0.25) is 15.9 Å². The second-order valence-corrected chi connectivity index (χ2v) is 11.2. The molecule has 1 unspecified atom stereocenters. The third-order valence-corrected chi connectivity index (χ3v) is 7.99. The fourth-order valence-corrected chi connectivity index (χ4v) is 5.73. The summed E-state index contributed by atoms with van der Waals surface area (Å²) < 4.78 is 51.1. The molecule has 7 nitrogen and oxygen atoms in total. The molecule has 3 rings (SSSR count). The summed E-state index contributed by atoms with van der Waals surface area (Å²) in [6.07, 6.45) is 2.16. The number of aryl methyl sites for hydroxylation is 1. The molecule has 0 aromatic heterocycles. The summed E-state index contributed by atoms with van der Waals surface area (Å²) in [5.41, 5.74) is 1.17. The average molecular weight is 437 g/mol. The highest BCUT2D eigenvalue weighted by Gasteiger charge is 2.33. The minimum absolute atomic E-state index is 0.0355. The normalized spacial score (nSPS) is 18.3. The Morgan fingerprint density at radius 3 is 2.34 bits per heavy atom. The molecule has 0 bridgehead atoms. The van der Waals surface area contributed by atoms with E-state index in [2.05, 4.69) is 5.32 Å². The van der Waals surface area contributed by atoms with Crippen LogP contribution in [0, 0.1) is 12.8 Å². The van der Waals surface area contributed by atoms with Crippen LogP contribution in [0.15, 0.2) is 58.3 Å². The number of carbonyl (C=O) groups excluding carboxylic acids is 1. The van der Waals surface area contributed by atoms with Gasteiger partial charge in [-0.15, -0.1) is 0 Å². The smallest absolute Gasteiger partial charge is 0.243 e. The SMILES string of the molecule is Cc1ccc(S(=O)(=O)N2CCCC(C(=O)Nc3ccccc3S(C)(=O)=O)C2)cc1. The number of para-hydroxylation sites is 1. The second kappa shape index (κ2) is 8.25. The number of benzene rings is 2. The largest absolute Gasteiger partial charge is 0.325 e. The molecule has 1 saturated heterocycles. The number of hydrogen-bond donors (Lipinski definition) is 1. The Bertz CT molecular complexity index is 1110. The van der Waals surface area contributed by atoms with Gasteiger partial charge in [-0.2, -0.15) is 4.31 Å². The van der Waals surface area contributed by atoms with Crippen molar-refractivity contribution in [2.45, 2.75) is 29.6 Å². The lowest BCUT2D eigenvalue weighted by Gasteiger charge is -2.31. The monoisotopic (exact) mass is 436 g/mol. The summed E-state index contributed by atoms with van der Waals surface area (Å²) in [7, 11) is -7.20. The molecule has 1 aliphatic rings. The van der Waals surface area contributed by atoms with Crippen molar-refractivity contribution in [3.05, 3.63) is 54.1 Å². The van der Waals surface area contributed by atoms with Gasteiger partial charge < -0.3 is 5.32 Å². The Balaban J connectivity index is 1.78. The molecule has 0 saturated carbocycles. The lowest BCUT2D eigenvalue weighted by Crippen LogP contribution is -2.43. The van der Waals surface area contributed by atoms with Crippen LogP contribution in [0.1, 0.15) is 18.4 Å². The summed E-state index contributed by atoms with van der Waals surface area (Å²) in [6, 6.07) is 12.8. The zero-order chi connectivity index (χ0) is 21.2. The van der Waals surface area contributed by atoms with Crippen LogP contribution in [-0.4, -0.2) is 46.4 Å². The molecule has 0 aliphatic carbocycles. The second-order valence-electron chi connectivity index (χ2n) is 7.27. The van der Waals surface area contributed by atoms with E-state index in [1.165, 1.54) is 16.4 Å². The zero-order valence-electron chi connectivity index (χ0n) is 16.3. The minimum Gasteiger partial charge on any atom is -0.325 e. The van der Waals surface area contributed by atoms with Crippen LogP contribution in [-0.2, 0) is 24.7 Å². The number of nitrogens with one attached hydrogen (secondary N) is 1. The van der Waals surface area contributed by atoms with Crippen LogP contribution in [0.5, 0.6) is 0 Å². The standard InChI is InChI=1S/C20H24N2O5S2/c1-15-9-11-17(12-10-15)29(26,27)22-13-5-6-16(14-22)20(23)21-18-7-3-4-8-19(18)28(2,24)25/h3-4,7-12,16H,5-6,13-14H2,1-2H3,(H,21,23). The maximum absolute atomic E-state index is 12.9. The topological polar surface area (TPSA) is 101 Å². The number of nitrogens with zero attached hydrogens (tertiary/aromatic N) is 1. The fraction of sp³-hybridized carbons (Fsp3) is 0.350. The number of piperidine rings is 1. The molecular formula is C20H24N2O5S2. The lowest BCUT2D eigenvalue weighted by atomic mass is 9.99. The molecule has 1 heterocycles. The summed E-state index contributed by atoms with van der Waals surface area (Å²) >= 11 is 0. The van der Waals surface area contributed by atoms with Crippen LogP contribution < -0.4 is 5.32 Å². The average Bonchev–Trinajstić information content (AvgIpc) is 2.68. The molecule has 9 heteroatoms. The Hall–Kier alpha value is -2.23. The first-order chi connectivity index (χ1) is 13.6. The van der Waals surface area contributed by atoms with Crippen molar-refractivity contribution < 1.29 is 21.6 Å². The first-order valence-electron chi connectivity index (χ1n) is 9.26. The van der Waals surface area contributed by atoms with E-state index in [1.54, 1.807) is 36.4 Å². The molecule has 2 aromatic carbocycles. The van der Waals surface area contributed by atoms with Gasteiger partial charge in [-0.05, 0) is 44.0 Å². The van der Waals surface area contributed by atoms with Crippen molar-refractivity contribution in [2.75, 3.05) is 24.7 Å². The molecule has 2 aromatic rings. The molecule has 1 atom stereocenters. The number of hydrogen-bond acceptors (Lipinski definition) is 5. The first kappa shape index (κ1) is 21.5. The maximum Gasteiger partial charge on any atom is 0.243 e. The zero-order valence-corrected chi connectivity index (χ0v) is 18.0. The summed E-state index contributed by atoms with van der Waals surface area (Å²) in [6.45, 7) is 2.29. The molecule has 156 valence electrons. The number of rotatable bonds is 5. The minimum atomic E-state index is -3.69. The number of carbonyl (C=O) groups is 1. The first-order valence-corrected chi connectivity index (χ1v) is 12.6. The van der Waals surface area contributed by atoms with E-state index in [9.17, 15) is 21.6 Å². The van der Waals surface area contributed by atoms with Crippen LogP contribution in [0.25, 0.3) is 0 Å². The predicted octanol–water partition coefficient (Wildman–Crippen LogP) is 2.44. The van der Waals surface area contributed by atoms with Crippen molar-refractivity contribution in [3.63, 3.8) is 0 Å². The summed E-state index contributed by atoms with van der Waals surface area (Å²) in [5, 5.41) is 2.67. The summed E-state index contributed by atoms with van der Waals surface area (Å²) in [5.74, 6) is -0.943. The Kier molecular flexibility index (Phi) is 6.11. The van der Waals surface area contributed by atoms with Gasteiger partial charge in [0.05, 0.1) is 21.4 Å². The van der Waals surface area contributed by atoms with Crippen molar-refractivity contribution >= 4 is 31.5 Å². The van der Waals surface area contributed by atoms with Gasteiger partial charge in [-0.1, -0.05) is 29.8 Å². The molecule has 29 heavy (non-hydrogen) atoms. The molecule has 0 spiro atoms. The van der Waals surface area contributed by atoms with Crippen LogP contribution in [0.4, 0.5) is 5.69 Å². The molecule has 1 fully saturated rings. The molecule has 1 amide bonds. The lowest BCUT2D eigenvalue weighted by molar-refractivity contribution is -0.120. The van der Waals surface area contributed by atoms with Crippen molar-refractivity contribution in [1.82, 2.24) is 4.31 Å². The highest BCUT2D eigenvalue weighted by Crippen LogP contribution is 2.26. The van der Waals surface area contributed by atoms with Crippen LogP contribution in [0.3, 0.4) is 0 Å². The van der Waals surface area contributed by atoms with Gasteiger partial charge in [0.15, 0.2) is 9.84 Å². The van der Waals surface area contributed by atoms with E-state index in [-0.39, 0.29) is 27.9 Å². The van der Waals surface area contributed by atoms with Gasteiger partial charge in [0.25, 0.3) is 0 Å².